The molecule has 1 aliphatic heterocycles. The van der Waals surface area contributed by atoms with Gasteiger partial charge in [0.2, 0.25) is 0 Å². The molecule has 1 saturated heterocycles. The van der Waals surface area contributed by atoms with Crippen molar-refractivity contribution in [1.29, 1.82) is 5.26 Å². The van der Waals surface area contributed by atoms with Gasteiger partial charge in [-0.1, -0.05) is 0 Å². The molecule has 1 atom stereocenters. The summed E-state index contributed by atoms with van der Waals surface area (Å²) in [6, 6.07) is 5.12. The van der Waals surface area contributed by atoms with Gasteiger partial charge in [0.1, 0.15) is 6.07 Å². The third kappa shape index (κ3) is 2.36. The van der Waals surface area contributed by atoms with Crippen LogP contribution in [0.4, 0.5) is 10.1 Å². The predicted octanol–water partition coefficient (Wildman–Crippen LogP) is 2.81. The van der Waals surface area contributed by atoms with Gasteiger partial charge in [-0.25, -0.2) is 4.39 Å². The van der Waals surface area contributed by atoms with E-state index in [0.29, 0.717) is 5.69 Å². The van der Waals surface area contributed by atoms with E-state index in [4.69, 9.17) is 5.26 Å². The van der Waals surface area contributed by atoms with E-state index >= 15 is 0 Å². The van der Waals surface area contributed by atoms with Crippen LogP contribution in [0.1, 0.15) is 24.8 Å². The Bertz CT molecular complexity index is 487. The van der Waals surface area contributed by atoms with Crippen molar-refractivity contribution < 1.29 is 9.50 Å². The van der Waals surface area contributed by atoms with E-state index in [1.54, 1.807) is 12.1 Å². The number of halogens is 2. The van der Waals surface area contributed by atoms with Crippen LogP contribution in [0.15, 0.2) is 16.6 Å². The molecule has 1 fully saturated rings. The fourth-order valence-electron chi connectivity index (χ4n) is 2.35. The van der Waals surface area contributed by atoms with Crippen molar-refractivity contribution in [3.05, 3.63) is 28.0 Å². The maximum absolute atomic E-state index is 14.2. The Morgan fingerprint density at radius 1 is 1.50 bits per heavy atom. The molecule has 2 rings (SSSR count). The van der Waals surface area contributed by atoms with Gasteiger partial charge in [0.05, 0.1) is 28.4 Å². The molecule has 5 heteroatoms. The van der Waals surface area contributed by atoms with E-state index < -0.39 is 5.82 Å². The molecular formula is C13H14BrFN2O. The van der Waals surface area contributed by atoms with Crippen molar-refractivity contribution in [3.63, 3.8) is 0 Å². The number of hydrogen-bond acceptors (Lipinski definition) is 3. The second kappa shape index (κ2) is 5.68. The molecule has 1 aromatic carbocycles. The van der Waals surface area contributed by atoms with Gasteiger partial charge in [0, 0.05) is 6.54 Å². The van der Waals surface area contributed by atoms with E-state index in [9.17, 15) is 9.50 Å². The maximum Gasteiger partial charge on any atom is 0.161 e. The van der Waals surface area contributed by atoms with E-state index in [1.165, 1.54) is 0 Å². The predicted molar refractivity (Wildman–Crippen MR) is 70.9 cm³/mol. The Balaban J connectivity index is 2.38. The average molecular weight is 313 g/mol. The average Bonchev–Trinajstić information content (AvgIpc) is 2.42. The van der Waals surface area contributed by atoms with Crippen molar-refractivity contribution in [2.24, 2.45) is 0 Å². The Morgan fingerprint density at radius 3 is 2.94 bits per heavy atom. The molecule has 0 aromatic heterocycles. The van der Waals surface area contributed by atoms with Crippen LogP contribution < -0.4 is 4.90 Å². The number of piperidine rings is 1. The summed E-state index contributed by atoms with van der Waals surface area (Å²) in [6.07, 6.45) is 2.92. The van der Waals surface area contributed by atoms with Crippen LogP contribution >= 0.6 is 15.9 Å². The van der Waals surface area contributed by atoms with Gasteiger partial charge in [0.15, 0.2) is 5.82 Å². The Morgan fingerprint density at radius 2 is 2.28 bits per heavy atom. The first kappa shape index (κ1) is 13.3. The SMILES string of the molecule is N#Cc1ccc(N2CCCCC2CO)c(F)c1Br. The zero-order chi connectivity index (χ0) is 13.1. The molecule has 18 heavy (non-hydrogen) atoms. The quantitative estimate of drug-likeness (QED) is 0.913. The number of nitriles is 1. The first-order valence-electron chi connectivity index (χ1n) is 5.94. The highest BCUT2D eigenvalue weighted by Gasteiger charge is 2.25. The molecule has 1 aromatic rings. The lowest BCUT2D eigenvalue weighted by Gasteiger charge is -2.36. The first-order chi connectivity index (χ1) is 8.69. The van der Waals surface area contributed by atoms with E-state index in [2.05, 4.69) is 15.9 Å². The molecule has 1 unspecified atom stereocenters. The minimum atomic E-state index is -0.422. The number of benzene rings is 1. The molecule has 0 bridgehead atoms. The van der Waals surface area contributed by atoms with Crippen LogP contribution in [0.25, 0.3) is 0 Å². The van der Waals surface area contributed by atoms with Gasteiger partial charge in [-0.3, -0.25) is 0 Å². The largest absolute Gasteiger partial charge is 0.394 e. The van der Waals surface area contributed by atoms with Gasteiger partial charge in [-0.05, 0) is 47.3 Å². The Hall–Kier alpha value is -1.12. The fraction of sp³-hybridized carbons (Fsp3) is 0.462. The van der Waals surface area contributed by atoms with E-state index in [1.807, 2.05) is 11.0 Å². The van der Waals surface area contributed by atoms with Gasteiger partial charge >= 0.3 is 0 Å². The molecular weight excluding hydrogens is 299 g/mol. The molecule has 1 heterocycles. The summed E-state index contributed by atoms with van der Waals surface area (Å²) in [7, 11) is 0. The van der Waals surface area contributed by atoms with Crippen LogP contribution in [0.3, 0.4) is 0 Å². The molecule has 3 nitrogen and oxygen atoms in total. The van der Waals surface area contributed by atoms with Crippen molar-refractivity contribution in [1.82, 2.24) is 0 Å². The monoisotopic (exact) mass is 312 g/mol. The molecule has 1 aliphatic rings. The maximum atomic E-state index is 14.2. The van der Waals surface area contributed by atoms with Crippen LogP contribution in [-0.2, 0) is 0 Å². The van der Waals surface area contributed by atoms with Gasteiger partial charge in [-0.2, -0.15) is 5.26 Å². The smallest absolute Gasteiger partial charge is 0.161 e. The lowest BCUT2D eigenvalue weighted by Crippen LogP contribution is -2.42. The molecule has 0 amide bonds. The number of aliphatic hydroxyl groups is 1. The fourth-order valence-corrected chi connectivity index (χ4v) is 2.78. The van der Waals surface area contributed by atoms with Crippen LogP contribution in [-0.4, -0.2) is 24.3 Å². The Labute approximate surface area is 114 Å². The third-order valence-corrected chi connectivity index (χ3v) is 4.10. The van der Waals surface area contributed by atoms with Crippen molar-refractivity contribution in [2.45, 2.75) is 25.3 Å². The molecule has 96 valence electrons. The van der Waals surface area contributed by atoms with Gasteiger partial charge < -0.3 is 10.0 Å². The highest BCUT2D eigenvalue weighted by atomic mass is 79.9. The Kier molecular flexibility index (Phi) is 4.20. The lowest BCUT2D eigenvalue weighted by molar-refractivity contribution is 0.239. The first-order valence-corrected chi connectivity index (χ1v) is 6.74. The minimum absolute atomic E-state index is 0.0249. The number of aliphatic hydroxyl groups excluding tert-OH is 1. The standard InChI is InChI=1S/C13H14BrFN2O/c14-12-9(7-16)4-5-11(13(12)15)17-6-2-1-3-10(17)8-18/h4-5,10,18H,1-3,6,8H2. The molecule has 0 aliphatic carbocycles. The summed E-state index contributed by atoms with van der Waals surface area (Å²) in [4.78, 5) is 1.89. The van der Waals surface area contributed by atoms with Crippen molar-refractivity contribution in [2.75, 3.05) is 18.1 Å². The highest BCUT2D eigenvalue weighted by Crippen LogP contribution is 2.32. The van der Waals surface area contributed by atoms with E-state index in [-0.39, 0.29) is 22.7 Å². The second-order valence-electron chi connectivity index (χ2n) is 4.40. The molecule has 0 saturated carbocycles. The normalized spacial score (nSPS) is 19.7. The number of rotatable bonds is 2. The van der Waals surface area contributed by atoms with Crippen LogP contribution in [0.5, 0.6) is 0 Å². The van der Waals surface area contributed by atoms with Crippen molar-refractivity contribution in [3.8, 4) is 6.07 Å². The number of hydrogen-bond donors (Lipinski definition) is 1. The summed E-state index contributed by atoms with van der Waals surface area (Å²) in [5, 5.41) is 18.2. The topological polar surface area (TPSA) is 47.3 Å². The summed E-state index contributed by atoms with van der Waals surface area (Å²) in [5.74, 6) is -0.422. The second-order valence-corrected chi connectivity index (χ2v) is 5.19. The lowest BCUT2D eigenvalue weighted by atomic mass is 10.0. The summed E-state index contributed by atoms with van der Waals surface area (Å²) >= 11 is 3.11. The zero-order valence-corrected chi connectivity index (χ0v) is 11.5. The summed E-state index contributed by atoms with van der Waals surface area (Å²) < 4.78 is 14.4. The van der Waals surface area contributed by atoms with Crippen LogP contribution in [0.2, 0.25) is 0 Å². The summed E-state index contributed by atoms with van der Waals surface area (Å²) in [5.41, 5.74) is 0.744. The van der Waals surface area contributed by atoms with Gasteiger partial charge in [-0.15, -0.1) is 0 Å². The zero-order valence-electron chi connectivity index (χ0n) is 9.87. The van der Waals surface area contributed by atoms with Crippen molar-refractivity contribution >= 4 is 21.6 Å². The molecule has 0 spiro atoms. The number of anilines is 1. The summed E-state index contributed by atoms with van der Waals surface area (Å²) in [6.45, 7) is 0.761. The highest BCUT2D eigenvalue weighted by molar-refractivity contribution is 9.10. The van der Waals surface area contributed by atoms with E-state index in [0.717, 1.165) is 25.8 Å². The van der Waals surface area contributed by atoms with Crippen LogP contribution in [0, 0.1) is 17.1 Å². The third-order valence-electron chi connectivity index (χ3n) is 3.33. The number of nitrogens with zero attached hydrogens (tertiary/aromatic N) is 2. The molecule has 0 radical (unpaired) electrons. The van der Waals surface area contributed by atoms with Gasteiger partial charge in [0.25, 0.3) is 0 Å². The minimum Gasteiger partial charge on any atom is -0.394 e. The molecule has 1 N–H and O–H groups in total.